The summed E-state index contributed by atoms with van der Waals surface area (Å²) >= 11 is 0. The van der Waals surface area contributed by atoms with Crippen LogP contribution >= 0.6 is 0 Å². The highest BCUT2D eigenvalue weighted by Gasteiger charge is 2.19. The van der Waals surface area contributed by atoms with Gasteiger partial charge < -0.3 is 10.2 Å². The molecule has 1 aliphatic rings. The topological polar surface area (TPSA) is 87.2 Å². The number of nitrogens with zero attached hydrogens (tertiary/aromatic N) is 3. The van der Waals surface area contributed by atoms with E-state index in [9.17, 15) is 8.42 Å². The van der Waals surface area contributed by atoms with Crippen LogP contribution in [0.1, 0.15) is 31.7 Å². The maximum Gasteiger partial charge on any atom is 0.264 e. The molecule has 1 aromatic carbocycles. The SMILES string of the molecule is CCCN1CCCC(NCc2cnc(NS(=O)(=O)c3ccccc3)nc2)C1. The van der Waals surface area contributed by atoms with E-state index in [0.29, 0.717) is 12.6 Å². The summed E-state index contributed by atoms with van der Waals surface area (Å²) in [5.41, 5.74) is 0.935. The van der Waals surface area contributed by atoms with Crippen molar-refractivity contribution in [3.8, 4) is 0 Å². The third kappa shape index (κ3) is 5.72. The van der Waals surface area contributed by atoms with E-state index in [1.165, 1.54) is 37.9 Å². The van der Waals surface area contributed by atoms with Crippen LogP contribution in [0.25, 0.3) is 0 Å². The average molecular weight is 390 g/mol. The van der Waals surface area contributed by atoms with Crippen LogP contribution in [0.4, 0.5) is 5.95 Å². The second-order valence-corrected chi connectivity index (χ2v) is 8.54. The minimum atomic E-state index is -3.66. The van der Waals surface area contributed by atoms with Gasteiger partial charge in [0.2, 0.25) is 5.95 Å². The van der Waals surface area contributed by atoms with Gasteiger partial charge in [0.1, 0.15) is 0 Å². The molecule has 1 atom stereocenters. The van der Waals surface area contributed by atoms with Gasteiger partial charge in [0, 0.05) is 37.1 Å². The molecular weight excluding hydrogens is 362 g/mol. The summed E-state index contributed by atoms with van der Waals surface area (Å²) in [7, 11) is -3.66. The summed E-state index contributed by atoms with van der Waals surface area (Å²) in [4.78, 5) is 11.0. The second kappa shape index (κ2) is 9.25. The minimum Gasteiger partial charge on any atom is -0.309 e. The zero-order chi connectivity index (χ0) is 19.1. The van der Waals surface area contributed by atoms with Crippen molar-refractivity contribution >= 4 is 16.0 Å². The van der Waals surface area contributed by atoms with Gasteiger partial charge in [-0.3, -0.25) is 0 Å². The van der Waals surface area contributed by atoms with E-state index in [1.807, 2.05) is 0 Å². The first kappa shape index (κ1) is 19.7. The van der Waals surface area contributed by atoms with Crippen LogP contribution < -0.4 is 10.0 Å². The van der Waals surface area contributed by atoms with E-state index in [1.54, 1.807) is 30.6 Å². The molecule has 0 saturated carbocycles. The van der Waals surface area contributed by atoms with Crippen molar-refractivity contribution in [1.29, 1.82) is 0 Å². The Balaban J connectivity index is 1.53. The summed E-state index contributed by atoms with van der Waals surface area (Å²) < 4.78 is 27.0. The molecule has 0 aliphatic carbocycles. The molecule has 146 valence electrons. The number of nitrogens with one attached hydrogen (secondary N) is 2. The van der Waals surface area contributed by atoms with E-state index in [2.05, 4.69) is 31.8 Å². The van der Waals surface area contributed by atoms with E-state index >= 15 is 0 Å². The molecular formula is C19H27N5O2S. The van der Waals surface area contributed by atoms with Crippen LogP contribution in [-0.4, -0.2) is 49.0 Å². The zero-order valence-corrected chi connectivity index (χ0v) is 16.5. The summed E-state index contributed by atoms with van der Waals surface area (Å²) in [6.07, 6.45) is 6.90. The second-order valence-electron chi connectivity index (χ2n) is 6.85. The minimum absolute atomic E-state index is 0.0781. The molecule has 1 saturated heterocycles. The molecule has 1 fully saturated rings. The van der Waals surface area contributed by atoms with Gasteiger partial charge in [0.15, 0.2) is 0 Å². The number of likely N-dealkylation sites (tertiary alicyclic amines) is 1. The molecule has 2 aromatic rings. The average Bonchev–Trinajstić information content (AvgIpc) is 2.68. The van der Waals surface area contributed by atoms with Crippen molar-refractivity contribution in [3.63, 3.8) is 0 Å². The zero-order valence-electron chi connectivity index (χ0n) is 15.6. The standard InChI is InChI=1S/C19H27N5O2S/c1-2-10-24-11-6-7-17(15-24)20-12-16-13-21-19(22-14-16)23-27(25,26)18-8-4-3-5-9-18/h3-5,8-9,13-14,17,20H,2,6-7,10-12,15H2,1H3,(H,21,22,23). The largest absolute Gasteiger partial charge is 0.309 e. The number of benzene rings is 1. The fraction of sp³-hybridized carbons (Fsp3) is 0.474. The molecule has 0 bridgehead atoms. The summed E-state index contributed by atoms with van der Waals surface area (Å²) in [6.45, 7) is 6.30. The van der Waals surface area contributed by atoms with Crippen LogP contribution in [0.3, 0.4) is 0 Å². The first-order chi connectivity index (χ1) is 13.1. The molecule has 2 heterocycles. The Morgan fingerprint density at radius 1 is 1.19 bits per heavy atom. The first-order valence-corrected chi connectivity index (χ1v) is 10.9. The molecule has 0 spiro atoms. The van der Waals surface area contributed by atoms with Gasteiger partial charge in [0.25, 0.3) is 10.0 Å². The number of anilines is 1. The molecule has 3 rings (SSSR count). The molecule has 27 heavy (non-hydrogen) atoms. The van der Waals surface area contributed by atoms with Gasteiger partial charge in [0.05, 0.1) is 4.90 Å². The van der Waals surface area contributed by atoms with Crippen LogP contribution in [0.5, 0.6) is 0 Å². The number of aromatic nitrogens is 2. The Kier molecular flexibility index (Phi) is 6.76. The van der Waals surface area contributed by atoms with Gasteiger partial charge in [-0.15, -0.1) is 0 Å². The first-order valence-electron chi connectivity index (χ1n) is 9.41. The molecule has 2 N–H and O–H groups in total. The highest BCUT2D eigenvalue weighted by molar-refractivity contribution is 7.92. The summed E-state index contributed by atoms with van der Waals surface area (Å²) in [6, 6.07) is 8.67. The molecule has 7 nitrogen and oxygen atoms in total. The molecule has 0 amide bonds. The summed E-state index contributed by atoms with van der Waals surface area (Å²) in [5, 5.41) is 3.56. The maximum absolute atomic E-state index is 12.3. The number of sulfonamides is 1. The van der Waals surface area contributed by atoms with Gasteiger partial charge in [-0.1, -0.05) is 25.1 Å². The highest BCUT2D eigenvalue weighted by atomic mass is 32.2. The predicted octanol–water partition coefficient (Wildman–Crippen LogP) is 2.24. The van der Waals surface area contributed by atoms with Gasteiger partial charge in [-0.2, -0.15) is 0 Å². The van der Waals surface area contributed by atoms with Crippen molar-refractivity contribution in [1.82, 2.24) is 20.2 Å². The Labute approximate surface area is 161 Å². The van der Waals surface area contributed by atoms with Crippen LogP contribution in [0.2, 0.25) is 0 Å². The fourth-order valence-corrected chi connectivity index (χ4v) is 4.26. The third-order valence-corrected chi connectivity index (χ3v) is 5.97. The normalized spacial score (nSPS) is 18.3. The Hall–Kier alpha value is -2.03. The van der Waals surface area contributed by atoms with E-state index in [-0.39, 0.29) is 10.8 Å². The van der Waals surface area contributed by atoms with E-state index in [4.69, 9.17) is 0 Å². The van der Waals surface area contributed by atoms with Gasteiger partial charge >= 0.3 is 0 Å². The Bertz CT molecular complexity index is 810. The maximum atomic E-state index is 12.3. The molecule has 1 aliphatic heterocycles. The van der Waals surface area contributed by atoms with E-state index < -0.39 is 10.0 Å². The van der Waals surface area contributed by atoms with Crippen molar-refractivity contribution < 1.29 is 8.42 Å². The van der Waals surface area contributed by atoms with Crippen molar-refractivity contribution in [2.24, 2.45) is 0 Å². The fourth-order valence-electron chi connectivity index (χ4n) is 3.28. The number of hydrogen-bond donors (Lipinski definition) is 2. The molecule has 1 unspecified atom stereocenters. The lowest BCUT2D eigenvalue weighted by Gasteiger charge is -2.33. The van der Waals surface area contributed by atoms with Crippen LogP contribution in [-0.2, 0) is 16.6 Å². The Morgan fingerprint density at radius 3 is 2.63 bits per heavy atom. The molecule has 0 radical (unpaired) electrons. The lowest BCUT2D eigenvalue weighted by molar-refractivity contribution is 0.190. The lowest BCUT2D eigenvalue weighted by Crippen LogP contribution is -2.45. The smallest absolute Gasteiger partial charge is 0.264 e. The number of hydrogen-bond acceptors (Lipinski definition) is 6. The van der Waals surface area contributed by atoms with Crippen LogP contribution in [0, 0.1) is 0 Å². The van der Waals surface area contributed by atoms with E-state index in [0.717, 1.165) is 18.7 Å². The number of piperidine rings is 1. The quantitative estimate of drug-likeness (QED) is 0.720. The van der Waals surface area contributed by atoms with Crippen molar-refractivity contribution in [2.75, 3.05) is 24.4 Å². The van der Waals surface area contributed by atoms with Gasteiger partial charge in [-0.05, 0) is 44.5 Å². The monoisotopic (exact) mass is 389 g/mol. The highest BCUT2D eigenvalue weighted by Crippen LogP contribution is 2.13. The molecule has 1 aromatic heterocycles. The summed E-state index contributed by atoms with van der Waals surface area (Å²) in [5.74, 6) is 0.0781. The molecule has 8 heteroatoms. The number of rotatable bonds is 8. The van der Waals surface area contributed by atoms with Gasteiger partial charge in [-0.25, -0.2) is 23.1 Å². The van der Waals surface area contributed by atoms with Crippen LogP contribution in [0.15, 0.2) is 47.6 Å². The van der Waals surface area contributed by atoms with Crippen molar-refractivity contribution in [3.05, 3.63) is 48.3 Å². The Morgan fingerprint density at radius 2 is 1.93 bits per heavy atom. The predicted molar refractivity (Wildman–Crippen MR) is 106 cm³/mol. The third-order valence-electron chi connectivity index (χ3n) is 4.62. The lowest BCUT2D eigenvalue weighted by atomic mass is 10.1. The van der Waals surface area contributed by atoms with Crippen molar-refractivity contribution in [2.45, 2.75) is 43.7 Å².